The molecule has 3 rings (SSSR count). The number of amides is 1. The van der Waals surface area contributed by atoms with Gasteiger partial charge in [-0.15, -0.1) is 0 Å². The number of rotatable bonds is 3. The molecule has 2 aromatic rings. The first kappa shape index (κ1) is 16.0. The lowest BCUT2D eigenvalue weighted by molar-refractivity contribution is -0.137. The van der Waals surface area contributed by atoms with Crippen LogP contribution in [0.15, 0.2) is 41.5 Å². The van der Waals surface area contributed by atoms with E-state index in [2.05, 4.69) is 9.97 Å². The van der Waals surface area contributed by atoms with E-state index in [1.807, 2.05) is 0 Å². The van der Waals surface area contributed by atoms with Crippen molar-refractivity contribution in [2.24, 2.45) is 0 Å². The molecular formula is C15H12F3N3O3. The van der Waals surface area contributed by atoms with Gasteiger partial charge in [0.25, 0.3) is 5.91 Å². The fourth-order valence-corrected chi connectivity index (χ4v) is 2.19. The molecule has 1 aliphatic rings. The zero-order valence-electron chi connectivity index (χ0n) is 12.2. The van der Waals surface area contributed by atoms with Crippen molar-refractivity contribution >= 4 is 5.91 Å². The molecule has 0 saturated carbocycles. The number of hydrogen-bond acceptors (Lipinski definition) is 4. The molecule has 0 spiro atoms. The summed E-state index contributed by atoms with van der Waals surface area (Å²) in [6, 6.07) is 4.72. The monoisotopic (exact) mass is 339 g/mol. The zero-order chi connectivity index (χ0) is 17.3. The van der Waals surface area contributed by atoms with Gasteiger partial charge in [0.05, 0.1) is 24.2 Å². The Morgan fingerprint density at radius 2 is 2.00 bits per heavy atom. The maximum atomic E-state index is 12.4. The van der Waals surface area contributed by atoms with E-state index in [-0.39, 0.29) is 23.5 Å². The Balaban J connectivity index is 1.54. The van der Waals surface area contributed by atoms with Crippen molar-refractivity contribution in [1.29, 1.82) is 0 Å². The summed E-state index contributed by atoms with van der Waals surface area (Å²) >= 11 is 0. The number of nitrogens with zero attached hydrogens (tertiary/aromatic N) is 2. The van der Waals surface area contributed by atoms with Crippen molar-refractivity contribution in [3.8, 4) is 5.88 Å². The van der Waals surface area contributed by atoms with E-state index in [0.29, 0.717) is 24.8 Å². The van der Waals surface area contributed by atoms with Gasteiger partial charge in [-0.2, -0.15) is 13.2 Å². The predicted molar refractivity (Wildman–Crippen MR) is 76.6 cm³/mol. The number of carbonyl (C=O) groups excluding carboxylic acids is 1. The van der Waals surface area contributed by atoms with Crippen molar-refractivity contribution in [2.45, 2.75) is 12.3 Å². The summed E-state index contributed by atoms with van der Waals surface area (Å²) in [6.45, 7) is 0.585. The molecule has 1 saturated heterocycles. The topological polar surface area (TPSA) is 75.3 Å². The van der Waals surface area contributed by atoms with Gasteiger partial charge in [-0.25, -0.2) is 4.98 Å². The number of aromatic amines is 1. The van der Waals surface area contributed by atoms with E-state index in [4.69, 9.17) is 4.74 Å². The van der Waals surface area contributed by atoms with E-state index in [9.17, 15) is 22.8 Å². The summed E-state index contributed by atoms with van der Waals surface area (Å²) in [4.78, 5) is 30.6. The summed E-state index contributed by atoms with van der Waals surface area (Å²) in [5, 5.41) is 0. The number of likely N-dealkylation sites (tertiary alicyclic amines) is 1. The number of hydrogen-bond donors (Lipinski definition) is 1. The van der Waals surface area contributed by atoms with Crippen LogP contribution >= 0.6 is 0 Å². The summed E-state index contributed by atoms with van der Waals surface area (Å²) in [6.07, 6.45) is -2.74. The van der Waals surface area contributed by atoms with Gasteiger partial charge in [-0.05, 0) is 12.1 Å². The maximum Gasteiger partial charge on any atom is 0.417 e. The quantitative estimate of drug-likeness (QED) is 0.923. The van der Waals surface area contributed by atoms with Crippen LogP contribution in [0, 0.1) is 0 Å². The number of pyridine rings is 2. The normalized spacial score (nSPS) is 15.0. The largest absolute Gasteiger partial charge is 0.471 e. The fraction of sp³-hybridized carbons (Fsp3) is 0.267. The molecule has 2 aromatic heterocycles. The third-order valence-electron chi connectivity index (χ3n) is 3.52. The zero-order valence-corrected chi connectivity index (χ0v) is 12.2. The van der Waals surface area contributed by atoms with Crippen molar-refractivity contribution in [1.82, 2.24) is 14.9 Å². The highest BCUT2D eigenvalue weighted by Crippen LogP contribution is 2.29. The van der Waals surface area contributed by atoms with Gasteiger partial charge in [0, 0.05) is 24.5 Å². The molecule has 1 aliphatic heterocycles. The predicted octanol–water partition coefficient (Wildman–Crippen LogP) is 1.69. The summed E-state index contributed by atoms with van der Waals surface area (Å²) < 4.78 is 42.7. The first-order valence-electron chi connectivity index (χ1n) is 7.01. The van der Waals surface area contributed by atoms with E-state index < -0.39 is 11.7 Å². The molecule has 6 nitrogen and oxygen atoms in total. The lowest BCUT2D eigenvalue weighted by atomic mass is 10.1. The minimum atomic E-state index is -4.44. The van der Waals surface area contributed by atoms with Crippen LogP contribution < -0.4 is 10.3 Å². The second-order valence-corrected chi connectivity index (χ2v) is 5.27. The summed E-state index contributed by atoms with van der Waals surface area (Å²) in [5.74, 6) is -0.185. The van der Waals surface area contributed by atoms with Gasteiger partial charge in [-0.3, -0.25) is 9.59 Å². The first-order valence-corrected chi connectivity index (χ1v) is 7.01. The van der Waals surface area contributed by atoms with E-state index in [1.165, 1.54) is 23.2 Å². The van der Waals surface area contributed by atoms with Crippen molar-refractivity contribution in [3.63, 3.8) is 0 Å². The number of halogens is 3. The lowest BCUT2D eigenvalue weighted by Crippen LogP contribution is -2.56. The Labute approximate surface area is 133 Å². The molecule has 0 aromatic carbocycles. The maximum absolute atomic E-state index is 12.4. The number of alkyl halides is 3. The van der Waals surface area contributed by atoms with Gasteiger partial charge in [-0.1, -0.05) is 0 Å². The van der Waals surface area contributed by atoms with Crippen molar-refractivity contribution in [3.05, 3.63) is 58.1 Å². The second-order valence-electron chi connectivity index (χ2n) is 5.27. The second kappa shape index (κ2) is 5.99. The highest BCUT2D eigenvalue weighted by molar-refractivity contribution is 5.94. The SMILES string of the molecule is O=C(c1ccc(=O)[nH]c1)N1CC(Oc2ccc(C(F)(F)F)cn2)C1. The standard InChI is InChI=1S/C15H12F3N3O3/c16-15(17,18)10-2-4-13(20-6-10)24-11-7-21(8-11)14(23)9-1-3-12(22)19-5-9/h1-6,11H,7-8H2,(H,19,22). The number of carbonyl (C=O) groups is 1. The third-order valence-corrected chi connectivity index (χ3v) is 3.52. The van der Waals surface area contributed by atoms with Crippen LogP contribution in [0.1, 0.15) is 15.9 Å². The van der Waals surface area contributed by atoms with E-state index in [0.717, 1.165) is 12.1 Å². The van der Waals surface area contributed by atoms with E-state index in [1.54, 1.807) is 0 Å². The Hall–Kier alpha value is -2.84. The van der Waals surface area contributed by atoms with Crippen LogP contribution in [0.25, 0.3) is 0 Å². The average molecular weight is 339 g/mol. The highest BCUT2D eigenvalue weighted by Gasteiger charge is 2.34. The van der Waals surface area contributed by atoms with Crippen LogP contribution in [0.2, 0.25) is 0 Å². The van der Waals surface area contributed by atoms with Crippen LogP contribution in [0.4, 0.5) is 13.2 Å². The average Bonchev–Trinajstić information content (AvgIpc) is 2.50. The first-order chi connectivity index (χ1) is 11.3. The number of ether oxygens (including phenoxy) is 1. The van der Waals surface area contributed by atoms with Gasteiger partial charge in [0.2, 0.25) is 11.4 Å². The Bertz CT molecular complexity index is 776. The summed E-state index contributed by atoms with van der Waals surface area (Å²) in [7, 11) is 0. The van der Waals surface area contributed by atoms with Crippen molar-refractivity contribution < 1.29 is 22.7 Å². The van der Waals surface area contributed by atoms with Gasteiger partial charge < -0.3 is 14.6 Å². The minimum Gasteiger partial charge on any atom is -0.471 e. The number of H-pyrrole nitrogens is 1. The molecule has 0 aliphatic carbocycles. The van der Waals surface area contributed by atoms with Gasteiger partial charge >= 0.3 is 6.18 Å². The molecule has 1 N–H and O–H groups in total. The molecule has 1 amide bonds. The Kier molecular flexibility index (Phi) is 4.00. The van der Waals surface area contributed by atoms with Crippen molar-refractivity contribution in [2.75, 3.05) is 13.1 Å². The molecule has 126 valence electrons. The smallest absolute Gasteiger partial charge is 0.417 e. The molecule has 0 bridgehead atoms. The number of aromatic nitrogens is 2. The molecule has 1 fully saturated rings. The minimum absolute atomic E-state index is 0.0733. The van der Waals surface area contributed by atoms with E-state index >= 15 is 0 Å². The molecule has 0 unspecified atom stereocenters. The third kappa shape index (κ3) is 3.39. The molecule has 0 atom stereocenters. The fourth-order valence-electron chi connectivity index (χ4n) is 2.19. The van der Waals surface area contributed by atoms with Crippen LogP contribution in [0.3, 0.4) is 0 Å². The molecule has 9 heteroatoms. The Morgan fingerprint density at radius 1 is 1.25 bits per heavy atom. The van der Waals surface area contributed by atoms with Crippen LogP contribution in [-0.4, -0.2) is 40.0 Å². The highest BCUT2D eigenvalue weighted by atomic mass is 19.4. The Morgan fingerprint density at radius 3 is 2.54 bits per heavy atom. The van der Waals surface area contributed by atoms with Crippen LogP contribution in [-0.2, 0) is 6.18 Å². The van der Waals surface area contributed by atoms with Crippen LogP contribution in [0.5, 0.6) is 5.88 Å². The lowest BCUT2D eigenvalue weighted by Gasteiger charge is -2.38. The number of nitrogens with one attached hydrogen (secondary N) is 1. The molecular weight excluding hydrogens is 327 g/mol. The molecule has 3 heterocycles. The van der Waals surface area contributed by atoms with Gasteiger partial charge in [0.15, 0.2) is 0 Å². The molecule has 0 radical (unpaired) electrons. The van der Waals surface area contributed by atoms with Gasteiger partial charge in [0.1, 0.15) is 6.10 Å². The summed E-state index contributed by atoms with van der Waals surface area (Å²) in [5.41, 5.74) is -0.802. The molecule has 24 heavy (non-hydrogen) atoms.